The predicted octanol–water partition coefficient (Wildman–Crippen LogP) is 4.99. The topological polar surface area (TPSA) is 71.7 Å². The monoisotopic (exact) mass is 460 g/mol. The first-order chi connectivity index (χ1) is 15.7. The molecule has 7 nitrogen and oxygen atoms in total. The summed E-state index contributed by atoms with van der Waals surface area (Å²) in [5, 5.41) is 6.53. The van der Waals surface area contributed by atoms with Gasteiger partial charge in [-0.05, 0) is 43.7 Å². The molecule has 3 aromatic rings. The summed E-state index contributed by atoms with van der Waals surface area (Å²) in [5.41, 5.74) is 1.89. The number of anilines is 1. The van der Waals surface area contributed by atoms with Crippen LogP contribution in [0.1, 0.15) is 25.3 Å². The molecule has 0 radical (unpaired) electrons. The van der Waals surface area contributed by atoms with Gasteiger partial charge in [0.05, 0.1) is 18.8 Å². The Hall–Kier alpha value is -3.40. The van der Waals surface area contributed by atoms with Crippen molar-refractivity contribution in [1.82, 2.24) is 15.1 Å². The van der Waals surface area contributed by atoms with Crippen molar-refractivity contribution in [2.24, 2.45) is 0 Å². The Morgan fingerprint density at radius 1 is 1.03 bits per heavy atom. The van der Waals surface area contributed by atoms with E-state index in [2.05, 4.69) is 10.2 Å². The summed E-state index contributed by atoms with van der Waals surface area (Å²) in [6.45, 7) is 5.13. The summed E-state index contributed by atoms with van der Waals surface area (Å²) < 4.78 is 48.6. The number of carbonyl (C=O) groups is 1. The summed E-state index contributed by atoms with van der Waals surface area (Å²) in [6.07, 6.45) is -4.83. The lowest BCUT2D eigenvalue weighted by molar-refractivity contribution is -0.156. The molecule has 0 bridgehead atoms. The summed E-state index contributed by atoms with van der Waals surface area (Å²) in [4.78, 5) is 16.9. The smallest absolute Gasteiger partial charge is 0.413 e. The molecule has 1 fully saturated rings. The molecule has 1 saturated heterocycles. The molecule has 1 aliphatic heterocycles. The zero-order valence-corrected chi connectivity index (χ0v) is 18.1. The third kappa shape index (κ3) is 5.33. The normalized spacial score (nSPS) is 18.9. The zero-order valence-electron chi connectivity index (χ0n) is 18.1. The minimum Gasteiger partial charge on any atom is -0.413 e. The number of hydrogen-bond acceptors (Lipinski definition) is 5. The first-order valence-corrected chi connectivity index (χ1v) is 10.5. The van der Waals surface area contributed by atoms with E-state index in [1.165, 1.54) is 0 Å². The van der Waals surface area contributed by atoms with E-state index in [0.29, 0.717) is 18.7 Å². The molecule has 0 saturated carbocycles. The number of halogens is 3. The second kappa shape index (κ2) is 9.22. The van der Waals surface area contributed by atoms with Crippen LogP contribution in [0.4, 0.5) is 23.7 Å². The number of carbonyl (C=O) groups excluding carboxylic acids is 1. The number of para-hydroxylation sites is 1. The van der Waals surface area contributed by atoms with Gasteiger partial charge < -0.3 is 14.1 Å². The first-order valence-electron chi connectivity index (χ1n) is 10.5. The van der Waals surface area contributed by atoms with Crippen LogP contribution in [0.2, 0.25) is 0 Å². The zero-order chi connectivity index (χ0) is 23.6. The average Bonchev–Trinajstić information content (AvgIpc) is 3.28. The predicted molar refractivity (Wildman–Crippen MR) is 114 cm³/mol. The van der Waals surface area contributed by atoms with E-state index in [0.717, 1.165) is 11.3 Å². The van der Waals surface area contributed by atoms with Crippen LogP contribution >= 0.6 is 0 Å². The minimum atomic E-state index is -4.70. The summed E-state index contributed by atoms with van der Waals surface area (Å²) in [6, 6.07) is 15.8. The molecule has 0 spiro atoms. The van der Waals surface area contributed by atoms with Crippen LogP contribution in [0, 0.1) is 0 Å². The van der Waals surface area contributed by atoms with Crippen LogP contribution in [-0.4, -0.2) is 46.4 Å². The third-order valence-electron chi connectivity index (χ3n) is 5.20. The minimum absolute atomic E-state index is 0.0643. The molecule has 10 heteroatoms. The molecule has 2 amide bonds. The Labute approximate surface area is 188 Å². The molecular weight excluding hydrogens is 437 g/mol. The van der Waals surface area contributed by atoms with Gasteiger partial charge in [-0.3, -0.25) is 4.90 Å². The lowest BCUT2D eigenvalue weighted by Crippen LogP contribution is -2.52. The number of amides is 2. The SMILES string of the molecule is C[C@@H]1CN(C(=O)N(Cc2ccc(-c3nnc(C(F)(F)F)o3)cc2)c2ccccc2)C[C@H](C)O1. The largest absolute Gasteiger partial charge is 0.470 e. The first kappa shape index (κ1) is 22.8. The van der Waals surface area contributed by atoms with Crippen molar-refractivity contribution in [1.29, 1.82) is 0 Å². The van der Waals surface area contributed by atoms with Crippen molar-refractivity contribution >= 4 is 11.7 Å². The standard InChI is InChI=1S/C23H23F3N4O3/c1-15-12-29(13-16(2)32-15)22(31)30(19-6-4-3-5-7-19)14-17-8-10-18(11-9-17)20-27-28-21(33-20)23(24,25)26/h3-11,15-16H,12-14H2,1-2H3/t15-,16+. The highest BCUT2D eigenvalue weighted by molar-refractivity contribution is 5.92. The number of aromatic nitrogens is 2. The van der Waals surface area contributed by atoms with Crippen LogP contribution in [0.3, 0.4) is 0 Å². The average molecular weight is 460 g/mol. The van der Waals surface area contributed by atoms with Gasteiger partial charge in [-0.2, -0.15) is 13.2 Å². The van der Waals surface area contributed by atoms with E-state index in [4.69, 9.17) is 9.15 Å². The van der Waals surface area contributed by atoms with Crippen molar-refractivity contribution in [3.63, 3.8) is 0 Å². The van der Waals surface area contributed by atoms with Crippen LogP contribution in [0.5, 0.6) is 0 Å². The fraction of sp³-hybridized carbons (Fsp3) is 0.348. The summed E-state index contributed by atoms with van der Waals surface area (Å²) in [5.74, 6) is -1.61. The van der Waals surface area contributed by atoms with Crippen molar-refractivity contribution in [3.8, 4) is 11.5 Å². The number of benzene rings is 2. The van der Waals surface area contributed by atoms with Gasteiger partial charge in [0.25, 0.3) is 0 Å². The molecule has 33 heavy (non-hydrogen) atoms. The van der Waals surface area contributed by atoms with Crippen LogP contribution < -0.4 is 4.90 Å². The highest BCUT2D eigenvalue weighted by Gasteiger charge is 2.38. The Balaban J connectivity index is 1.55. The molecule has 1 aromatic heterocycles. The molecule has 2 aromatic carbocycles. The molecule has 2 atom stereocenters. The Morgan fingerprint density at radius 3 is 2.24 bits per heavy atom. The number of nitrogens with zero attached hydrogens (tertiary/aromatic N) is 4. The molecule has 0 unspecified atom stereocenters. The third-order valence-corrected chi connectivity index (χ3v) is 5.20. The summed E-state index contributed by atoms with van der Waals surface area (Å²) in [7, 11) is 0. The van der Waals surface area contributed by atoms with E-state index in [-0.39, 0.29) is 30.7 Å². The number of alkyl halides is 3. The van der Waals surface area contributed by atoms with Gasteiger partial charge in [0.15, 0.2) is 0 Å². The van der Waals surface area contributed by atoms with Gasteiger partial charge in [0.1, 0.15) is 0 Å². The Bertz CT molecular complexity index is 1080. The lowest BCUT2D eigenvalue weighted by Gasteiger charge is -2.38. The van der Waals surface area contributed by atoms with Crippen molar-refractivity contribution in [3.05, 3.63) is 66.1 Å². The van der Waals surface area contributed by atoms with E-state index in [1.54, 1.807) is 34.1 Å². The van der Waals surface area contributed by atoms with Crippen LogP contribution in [0.25, 0.3) is 11.5 Å². The van der Waals surface area contributed by atoms with Crippen molar-refractivity contribution < 1.29 is 27.1 Å². The second-order valence-electron chi connectivity index (χ2n) is 7.97. The Morgan fingerprint density at radius 2 is 1.67 bits per heavy atom. The fourth-order valence-corrected chi connectivity index (χ4v) is 3.77. The quantitative estimate of drug-likeness (QED) is 0.549. The molecule has 1 aliphatic rings. The van der Waals surface area contributed by atoms with Gasteiger partial charge in [-0.15, -0.1) is 10.2 Å². The maximum atomic E-state index is 13.4. The highest BCUT2D eigenvalue weighted by atomic mass is 19.4. The van der Waals surface area contributed by atoms with Crippen LogP contribution in [-0.2, 0) is 17.5 Å². The fourth-order valence-electron chi connectivity index (χ4n) is 3.77. The maximum absolute atomic E-state index is 13.4. The van der Waals surface area contributed by atoms with Crippen molar-refractivity contribution in [2.45, 2.75) is 38.8 Å². The molecular formula is C23H23F3N4O3. The van der Waals surface area contributed by atoms with Crippen molar-refractivity contribution in [2.75, 3.05) is 18.0 Å². The molecule has 174 valence electrons. The lowest BCUT2D eigenvalue weighted by atomic mass is 10.1. The number of rotatable bonds is 4. The van der Waals surface area contributed by atoms with Gasteiger partial charge in [0.2, 0.25) is 5.89 Å². The van der Waals surface area contributed by atoms with E-state index in [1.807, 2.05) is 44.2 Å². The van der Waals surface area contributed by atoms with Gasteiger partial charge in [0, 0.05) is 24.3 Å². The summed E-state index contributed by atoms with van der Waals surface area (Å²) >= 11 is 0. The second-order valence-corrected chi connectivity index (χ2v) is 7.97. The van der Waals surface area contributed by atoms with E-state index >= 15 is 0 Å². The number of morpholine rings is 1. The van der Waals surface area contributed by atoms with E-state index in [9.17, 15) is 18.0 Å². The molecule has 0 aliphatic carbocycles. The number of urea groups is 1. The van der Waals surface area contributed by atoms with Gasteiger partial charge in [-0.1, -0.05) is 30.3 Å². The highest BCUT2D eigenvalue weighted by Crippen LogP contribution is 2.30. The van der Waals surface area contributed by atoms with Gasteiger partial charge >= 0.3 is 18.1 Å². The molecule has 4 rings (SSSR count). The Kier molecular flexibility index (Phi) is 6.37. The van der Waals surface area contributed by atoms with Crippen LogP contribution in [0.15, 0.2) is 59.0 Å². The van der Waals surface area contributed by atoms with Gasteiger partial charge in [-0.25, -0.2) is 4.79 Å². The maximum Gasteiger partial charge on any atom is 0.470 e. The molecule has 0 N–H and O–H groups in total. The van der Waals surface area contributed by atoms with E-state index < -0.39 is 12.1 Å². The number of ether oxygens (including phenoxy) is 1. The molecule has 2 heterocycles. The number of hydrogen-bond donors (Lipinski definition) is 0.